The van der Waals surface area contributed by atoms with Crippen molar-refractivity contribution in [1.29, 1.82) is 0 Å². The number of hydrogen-bond acceptors (Lipinski definition) is 6. The third-order valence-electron chi connectivity index (χ3n) is 4.87. The summed E-state index contributed by atoms with van der Waals surface area (Å²) in [6.45, 7) is 5.90. The van der Waals surface area contributed by atoms with E-state index in [0.29, 0.717) is 5.75 Å². The van der Waals surface area contributed by atoms with E-state index in [1.807, 2.05) is 7.85 Å². The molecule has 0 radical (unpaired) electrons. The molecular weight excluding hydrogens is 377 g/mol. The number of hydrogen-bond donors (Lipinski definition) is 2. The Balaban J connectivity index is 2.13. The van der Waals surface area contributed by atoms with Crippen LogP contribution in [-0.4, -0.2) is 73.2 Å². The van der Waals surface area contributed by atoms with Crippen LogP contribution >= 0.6 is 0 Å². The van der Waals surface area contributed by atoms with Crippen molar-refractivity contribution in [3.63, 3.8) is 0 Å². The number of pyridine rings is 1. The molecule has 2 N–H and O–H groups in total. The van der Waals surface area contributed by atoms with Crippen molar-refractivity contribution in [3.8, 4) is 5.75 Å². The number of nitrogens with one attached hydrogen (secondary N) is 1. The Hall–Kier alpha value is -2.78. The van der Waals surface area contributed by atoms with Gasteiger partial charge in [0.05, 0.1) is 13.7 Å². The third-order valence-corrected chi connectivity index (χ3v) is 4.87. The number of aromatic nitrogens is 1. The fourth-order valence-electron chi connectivity index (χ4n) is 3.34. The molecule has 2 rings (SSSR count). The monoisotopic (exact) mass is 405 g/mol. The largest absolute Gasteiger partial charge is 0.493 e. The summed E-state index contributed by atoms with van der Waals surface area (Å²) >= 11 is 0. The first-order chi connectivity index (χ1) is 13.5. The van der Waals surface area contributed by atoms with Gasteiger partial charge in [0, 0.05) is 18.7 Å². The SMILES string of the molecule is Bc1cc(OC[C@@H]2C[C@@H](C(=O)O)N(C(=O)[C@@H](NC(=O)OC)C(C)(C)C)C2)ccn1. The van der Waals surface area contributed by atoms with Crippen LogP contribution in [0.4, 0.5) is 4.79 Å². The van der Waals surface area contributed by atoms with Gasteiger partial charge >= 0.3 is 12.1 Å². The summed E-state index contributed by atoms with van der Waals surface area (Å²) in [5.74, 6) is -1.02. The Bertz CT molecular complexity index is 767. The topological polar surface area (TPSA) is 118 Å². The predicted octanol–water partition coefficient (Wildman–Crippen LogP) is -0.209. The highest BCUT2D eigenvalue weighted by molar-refractivity contribution is 6.30. The Kier molecular flexibility index (Phi) is 7.10. The number of aliphatic carboxylic acids is 1. The van der Waals surface area contributed by atoms with E-state index in [1.54, 1.807) is 39.1 Å². The molecule has 29 heavy (non-hydrogen) atoms. The fraction of sp³-hybridized carbons (Fsp3) is 0.579. The lowest BCUT2D eigenvalue weighted by molar-refractivity contribution is -0.150. The van der Waals surface area contributed by atoms with E-state index in [1.165, 1.54) is 12.0 Å². The molecule has 10 heteroatoms. The molecule has 0 saturated carbocycles. The summed E-state index contributed by atoms with van der Waals surface area (Å²) in [4.78, 5) is 42.1. The number of carbonyl (C=O) groups is 3. The van der Waals surface area contributed by atoms with Gasteiger partial charge in [0.15, 0.2) is 7.85 Å². The van der Waals surface area contributed by atoms with Crippen LogP contribution in [0.2, 0.25) is 0 Å². The first-order valence-electron chi connectivity index (χ1n) is 9.46. The summed E-state index contributed by atoms with van der Waals surface area (Å²) in [5, 5.41) is 12.2. The summed E-state index contributed by atoms with van der Waals surface area (Å²) in [5.41, 5.74) is 0.188. The molecule has 1 saturated heterocycles. The smallest absolute Gasteiger partial charge is 0.407 e. The first kappa shape index (κ1) is 22.5. The van der Waals surface area contributed by atoms with Crippen LogP contribution in [0.3, 0.4) is 0 Å². The Labute approximate surface area is 171 Å². The Morgan fingerprint density at radius 3 is 2.66 bits per heavy atom. The molecule has 1 aliphatic rings. The lowest BCUT2D eigenvalue weighted by atomic mass is 9.85. The molecule has 0 aliphatic carbocycles. The van der Waals surface area contributed by atoms with Gasteiger partial charge < -0.3 is 24.8 Å². The van der Waals surface area contributed by atoms with E-state index in [4.69, 9.17) is 4.74 Å². The highest BCUT2D eigenvalue weighted by Crippen LogP contribution is 2.29. The number of methoxy groups -OCH3 is 1. The average Bonchev–Trinajstić information content (AvgIpc) is 3.07. The Morgan fingerprint density at radius 1 is 1.41 bits per heavy atom. The second-order valence-corrected chi connectivity index (χ2v) is 8.33. The molecule has 1 aromatic heterocycles. The maximum absolute atomic E-state index is 13.2. The number of carboxylic acid groups (broad SMARTS) is 1. The average molecular weight is 405 g/mol. The van der Waals surface area contributed by atoms with Crippen molar-refractivity contribution in [3.05, 3.63) is 18.3 Å². The van der Waals surface area contributed by atoms with Gasteiger partial charge in [-0.2, -0.15) is 0 Å². The number of amides is 2. The van der Waals surface area contributed by atoms with Crippen molar-refractivity contribution in [2.45, 2.75) is 39.3 Å². The summed E-state index contributed by atoms with van der Waals surface area (Å²) in [7, 11) is 3.06. The minimum atomic E-state index is -1.08. The number of likely N-dealkylation sites (tertiary alicyclic amines) is 1. The third kappa shape index (κ3) is 5.85. The molecule has 3 atom stereocenters. The zero-order chi connectivity index (χ0) is 21.8. The van der Waals surface area contributed by atoms with E-state index < -0.39 is 35.5 Å². The van der Waals surface area contributed by atoms with Crippen LogP contribution in [0.25, 0.3) is 0 Å². The first-order valence-corrected chi connectivity index (χ1v) is 9.46. The quantitative estimate of drug-likeness (QED) is 0.629. The fourth-order valence-corrected chi connectivity index (χ4v) is 3.34. The van der Waals surface area contributed by atoms with E-state index in [-0.39, 0.29) is 25.5 Å². The van der Waals surface area contributed by atoms with Crippen molar-refractivity contribution in [2.75, 3.05) is 20.3 Å². The lowest BCUT2D eigenvalue weighted by Crippen LogP contribution is -2.56. The maximum atomic E-state index is 13.2. The van der Waals surface area contributed by atoms with E-state index >= 15 is 0 Å². The normalized spacial score (nSPS) is 20.1. The second kappa shape index (κ2) is 9.15. The molecule has 9 nitrogen and oxygen atoms in total. The molecule has 1 aromatic rings. The van der Waals surface area contributed by atoms with E-state index in [0.717, 1.165) is 5.59 Å². The molecule has 2 heterocycles. The van der Waals surface area contributed by atoms with Crippen molar-refractivity contribution >= 4 is 31.4 Å². The maximum Gasteiger partial charge on any atom is 0.407 e. The molecular formula is C19H28BN3O6. The number of nitrogens with zero attached hydrogens (tertiary/aromatic N) is 2. The van der Waals surface area contributed by atoms with Crippen molar-refractivity contribution in [2.24, 2.45) is 11.3 Å². The Morgan fingerprint density at radius 2 is 2.10 bits per heavy atom. The minimum Gasteiger partial charge on any atom is -0.493 e. The predicted molar refractivity (Wildman–Crippen MR) is 108 cm³/mol. The lowest BCUT2D eigenvalue weighted by Gasteiger charge is -2.34. The number of rotatable bonds is 6. The van der Waals surface area contributed by atoms with Gasteiger partial charge in [0.25, 0.3) is 0 Å². The number of carbonyl (C=O) groups excluding carboxylic acids is 2. The summed E-state index contributed by atoms with van der Waals surface area (Å²) in [6.07, 6.45) is 1.18. The molecule has 1 aliphatic heterocycles. The molecule has 0 aromatic carbocycles. The van der Waals surface area contributed by atoms with Gasteiger partial charge in [-0.3, -0.25) is 9.78 Å². The van der Waals surface area contributed by atoms with Gasteiger partial charge in [-0.15, -0.1) is 0 Å². The minimum absolute atomic E-state index is 0.146. The molecule has 1 fully saturated rings. The van der Waals surface area contributed by atoms with Crippen LogP contribution in [0.5, 0.6) is 5.75 Å². The van der Waals surface area contributed by atoms with Gasteiger partial charge in [-0.1, -0.05) is 20.8 Å². The highest BCUT2D eigenvalue weighted by Gasteiger charge is 2.45. The number of ether oxygens (including phenoxy) is 2. The van der Waals surface area contributed by atoms with Gasteiger partial charge in [0.1, 0.15) is 17.8 Å². The van der Waals surface area contributed by atoms with Gasteiger partial charge in [-0.05, 0) is 29.6 Å². The molecule has 0 bridgehead atoms. The highest BCUT2D eigenvalue weighted by atomic mass is 16.5. The van der Waals surface area contributed by atoms with E-state index in [9.17, 15) is 19.5 Å². The standard InChI is InChI=1S/C19H28BN3O6/c1-19(2,3)15(22-18(27)28-4)16(24)23-9-11(7-13(23)17(25)26)10-29-12-5-6-21-14(20)8-12/h5-6,8,11,13,15H,7,9-10,20H2,1-4H3,(H,22,27)(H,25,26)/t11-,13+,15-/m1/s1. The van der Waals surface area contributed by atoms with Crippen LogP contribution in [-0.2, 0) is 14.3 Å². The zero-order valence-electron chi connectivity index (χ0n) is 17.5. The van der Waals surface area contributed by atoms with Gasteiger partial charge in [-0.25, -0.2) is 9.59 Å². The van der Waals surface area contributed by atoms with Crippen LogP contribution in [0.15, 0.2) is 18.3 Å². The van der Waals surface area contributed by atoms with Crippen LogP contribution in [0.1, 0.15) is 27.2 Å². The van der Waals surface area contributed by atoms with Crippen LogP contribution in [0, 0.1) is 11.3 Å². The number of alkyl carbamates (subject to hydrolysis) is 1. The second-order valence-electron chi connectivity index (χ2n) is 8.33. The van der Waals surface area contributed by atoms with Crippen molar-refractivity contribution < 1.29 is 29.0 Å². The number of carboxylic acids is 1. The zero-order valence-corrected chi connectivity index (χ0v) is 17.5. The van der Waals surface area contributed by atoms with Crippen LogP contribution < -0.4 is 15.6 Å². The molecule has 0 unspecified atom stereocenters. The van der Waals surface area contributed by atoms with Gasteiger partial charge in [0.2, 0.25) is 5.91 Å². The summed E-state index contributed by atoms with van der Waals surface area (Å²) < 4.78 is 10.4. The van der Waals surface area contributed by atoms with E-state index in [2.05, 4.69) is 15.0 Å². The summed E-state index contributed by atoms with van der Waals surface area (Å²) in [6, 6.07) is 1.64. The van der Waals surface area contributed by atoms with Crippen molar-refractivity contribution in [1.82, 2.24) is 15.2 Å². The molecule has 0 spiro atoms. The molecule has 2 amide bonds. The molecule has 158 valence electrons.